The summed E-state index contributed by atoms with van der Waals surface area (Å²) in [5, 5.41) is 10.2. The maximum absolute atomic E-state index is 12.9. The Bertz CT molecular complexity index is 1310. The van der Waals surface area contributed by atoms with E-state index in [0.29, 0.717) is 11.2 Å². The smallest absolute Gasteiger partial charge is 0.253 e. The molecule has 2 aromatic carbocycles. The van der Waals surface area contributed by atoms with Crippen molar-refractivity contribution >= 4 is 26.8 Å². The van der Waals surface area contributed by atoms with Crippen LogP contribution in [0.4, 0.5) is 0 Å². The molecule has 0 saturated carbocycles. The van der Waals surface area contributed by atoms with Gasteiger partial charge in [0.2, 0.25) is 9.84 Å². The summed E-state index contributed by atoms with van der Waals surface area (Å²) in [6.07, 6.45) is 3.07. The van der Waals surface area contributed by atoms with Crippen LogP contribution in [0.15, 0.2) is 76.8 Å². The Balaban J connectivity index is 1.47. The van der Waals surface area contributed by atoms with Gasteiger partial charge in [0.1, 0.15) is 10.6 Å². The van der Waals surface area contributed by atoms with Crippen LogP contribution in [0.2, 0.25) is 0 Å². The highest BCUT2D eigenvalue weighted by Gasteiger charge is 2.21. The van der Waals surface area contributed by atoms with Gasteiger partial charge in [0.25, 0.3) is 5.91 Å². The lowest BCUT2D eigenvalue weighted by atomic mass is 10.2. The molecule has 0 saturated heterocycles. The van der Waals surface area contributed by atoms with Gasteiger partial charge in [-0.1, -0.05) is 24.3 Å². The number of H-pyrrole nitrogens is 1. The summed E-state index contributed by atoms with van der Waals surface area (Å²) in [7, 11) is -2.29. The van der Waals surface area contributed by atoms with Crippen LogP contribution in [0.5, 0.6) is 5.75 Å². The van der Waals surface area contributed by atoms with Crippen molar-refractivity contribution in [2.45, 2.75) is 16.3 Å². The van der Waals surface area contributed by atoms with E-state index in [-0.39, 0.29) is 28.0 Å². The summed E-state index contributed by atoms with van der Waals surface area (Å²) in [6.45, 7) is 0.247. The highest BCUT2D eigenvalue weighted by molar-refractivity contribution is 7.91. The van der Waals surface area contributed by atoms with Gasteiger partial charge >= 0.3 is 0 Å². The minimum Gasteiger partial charge on any atom is -0.495 e. The van der Waals surface area contributed by atoms with Crippen LogP contribution in [-0.2, 0) is 16.4 Å². The number of aromatic amines is 1. The van der Waals surface area contributed by atoms with Crippen LogP contribution in [0.1, 0.15) is 15.9 Å². The maximum atomic E-state index is 12.9. The predicted molar refractivity (Wildman–Crippen MR) is 110 cm³/mol. The molecule has 2 heterocycles. The summed E-state index contributed by atoms with van der Waals surface area (Å²) < 4.78 is 31.0. The topological polar surface area (TPSA) is 114 Å². The van der Waals surface area contributed by atoms with Crippen LogP contribution in [0.3, 0.4) is 0 Å². The molecule has 0 aliphatic rings. The number of amides is 1. The number of carbonyl (C=O) groups excluding carboxylic acids is 1. The number of nitrogens with zero attached hydrogens (tertiary/aromatic N) is 2. The summed E-state index contributed by atoms with van der Waals surface area (Å²) in [6, 6.07) is 14.5. The molecule has 2 aromatic heterocycles. The monoisotopic (exact) mass is 422 g/mol. The Kier molecular flexibility index (Phi) is 5.20. The molecule has 8 nitrogen and oxygen atoms in total. The van der Waals surface area contributed by atoms with Crippen LogP contribution >= 0.6 is 0 Å². The molecule has 30 heavy (non-hydrogen) atoms. The molecule has 0 unspecified atom stereocenters. The molecule has 0 bridgehead atoms. The quantitative estimate of drug-likeness (QED) is 0.494. The minimum atomic E-state index is -3.72. The van der Waals surface area contributed by atoms with Crippen molar-refractivity contribution in [3.05, 3.63) is 78.1 Å². The first-order valence-electron chi connectivity index (χ1n) is 9.03. The van der Waals surface area contributed by atoms with Gasteiger partial charge in [0, 0.05) is 18.1 Å². The molecule has 0 aliphatic carbocycles. The van der Waals surface area contributed by atoms with E-state index < -0.39 is 9.84 Å². The van der Waals surface area contributed by atoms with E-state index in [0.717, 1.165) is 10.9 Å². The van der Waals surface area contributed by atoms with Crippen molar-refractivity contribution < 1.29 is 17.9 Å². The number of para-hydroxylation sites is 1. The van der Waals surface area contributed by atoms with Crippen molar-refractivity contribution in [1.29, 1.82) is 0 Å². The van der Waals surface area contributed by atoms with Gasteiger partial charge < -0.3 is 10.1 Å². The van der Waals surface area contributed by atoms with Crippen LogP contribution in [0, 0.1) is 0 Å². The lowest BCUT2D eigenvalue weighted by Crippen LogP contribution is -2.22. The van der Waals surface area contributed by atoms with E-state index in [1.165, 1.54) is 31.5 Å². The molecular weight excluding hydrogens is 404 g/mol. The average Bonchev–Trinajstić information content (AvgIpc) is 3.25. The zero-order valence-electron chi connectivity index (χ0n) is 16.0. The van der Waals surface area contributed by atoms with Gasteiger partial charge in [-0.3, -0.25) is 9.89 Å². The SMILES string of the molecule is COc1ccccc1S(=O)(=O)c1ccc(CNC(=O)c2cnc3[nH]ncc3c2)cc1. The normalized spacial score (nSPS) is 11.4. The second kappa shape index (κ2) is 7.96. The third-order valence-electron chi connectivity index (χ3n) is 4.60. The Morgan fingerprint density at radius 2 is 1.87 bits per heavy atom. The number of nitrogens with one attached hydrogen (secondary N) is 2. The number of hydrogen-bond donors (Lipinski definition) is 2. The second-order valence-electron chi connectivity index (χ2n) is 6.51. The van der Waals surface area contributed by atoms with E-state index in [2.05, 4.69) is 20.5 Å². The van der Waals surface area contributed by atoms with E-state index in [1.807, 2.05) is 0 Å². The molecule has 9 heteroatoms. The van der Waals surface area contributed by atoms with E-state index in [9.17, 15) is 13.2 Å². The second-order valence-corrected chi connectivity index (χ2v) is 8.43. The number of methoxy groups -OCH3 is 1. The van der Waals surface area contributed by atoms with Gasteiger partial charge in [0.05, 0.1) is 23.8 Å². The molecule has 0 fully saturated rings. The molecule has 0 aliphatic heterocycles. The number of pyridine rings is 1. The molecule has 152 valence electrons. The lowest BCUT2D eigenvalue weighted by molar-refractivity contribution is 0.0950. The zero-order chi connectivity index (χ0) is 21.1. The molecular formula is C21H18N4O4S. The number of carbonyl (C=O) groups is 1. The van der Waals surface area contributed by atoms with Crippen molar-refractivity contribution in [3.63, 3.8) is 0 Å². The molecule has 0 radical (unpaired) electrons. The third kappa shape index (κ3) is 3.74. The minimum absolute atomic E-state index is 0.107. The number of ether oxygens (including phenoxy) is 1. The van der Waals surface area contributed by atoms with Gasteiger partial charge in [-0.25, -0.2) is 13.4 Å². The molecule has 4 aromatic rings. The lowest BCUT2D eigenvalue weighted by Gasteiger charge is -2.10. The van der Waals surface area contributed by atoms with Crippen molar-refractivity contribution in [2.75, 3.05) is 7.11 Å². The first kappa shape index (κ1) is 19.6. The largest absolute Gasteiger partial charge is 0.495 e. The van der Waals surface area contributed by atoms with Gasteiger partial charge in [0.15, 0.2) is 5.65 Å². The average molecular weight is 422 g/mol. The highest BCUT2D eigenvalue weighted by atomic mass is 32.2. The molecule has 0 spiro atoms. The van der Waals surface area contributed by atoms with Crippen LogP contribution in [-0.4, -0.2) is 36.6 Å². The fourth-order valence-electron chi connectivity index (χ4n) is 3.00. The van der Waals surface area contributed by atoms with Crippen molar-refractivity contribution in [1.82, 2.24) is 20.5 Å². The zero-order valence-corrected chi connectivity index (χ0v) is 16.8. The number of aromatic nitrogens is 3. The van der Waals surface area contributed by atoms with E-state index >= 15 is 0 Å². The number of sulfone groups is 1. The van der Waals surface area contributed by atoms with Crippen molar-refractivity contribution in [2.24, 2.45) is 0 Å². The molecule has 2 N–H and O–H groups in total. The fraction of sp³-hybridized carbons (Fsp3) is 0.0952. The van der Waals surface area contributed by atoms with Gasteiger partial charge in [-0.15, -0.1) is 0 Å². The Labute approximate surface area is 172 Å². The van der Waals surface area contributed by atoms with Gasteiger partial charge in [-0.2, -0.15) is 5.10 Å². The predicted octanol–water partition coefficient (Wildman–Crippen LogP) is 2.73. The number of rotatable bonds is 6. The number of hydrogen-bond acceptors (Lipinski definition) is 6. The van der Waals surface area contributed by atoms with Gasteiger partial charge in [-0.05, 0) is 35.9 Å². The van der Waals surface area contributed by atoms with Crippen molar-refractivity contribution in [3.8, 4) is 5.75 Å². The molecule has 0 atom stereocenters. The Hall–Kier alpha value is -3.72. The van der Waals surface area contributed by atoms with E-state index in [4.69, 9.17) is 4.74 Å². The standard InChI is InChI=1S/C21H18N4O4S/c1-29-18-4-2-3-5-19(18)30(27,28)17-8-6-14(7-9-17)11-23-21(26)16-10-15-13-24-25-20(15)22-12-16/h2-10,12-13H,11H2,1H3,(H,23,26)(H,22,24,25). The van der Waals surface area contributed by atoms with Crippen LogP contribution in [0.25, 0.3) is 11.0 Å². The number of benzene rings is 2. The number of fused-ring (bicyclic) bond motifs is 1. The Morgan fingerprint density at radius 1 is 1.10 bits per heavy atom. The maximum Gasteiger partial charge on any atom is 0.253 e. The summed E-state index contributed by atoms with van der Waals surface area (Å²) in [5.41, 5.74) is 1.79. The summed E-state index contributed by atoms with van der Waals surface area (Å²) >= 11 is 0. The summed E-state index contributed by atoms with van der Waals surface area (Å²) in [4.78, 5) is 16.8. The third-order valence-corrected chi connectivity index (χ3v) is 6.41. The molecule has 1 amide bonds. The first-order valence-corrected chi connectivity index (χ1v) is 10.5. The fourth-order valence-corrected chi connectivity index (χ4v) is 4.42. The highest BCUT2D eigenvalue weighted by Crippen LogP contribution is 2.29. The molecule has 4 rings (SSSR count). The van der Waals surface area contributed by atoms with Crippen LogP contribution < -0.4 is 10.1 Å². The summed E-state index contributed by atoms with van der Waals surface area (Å²) in [5.74, 6) is 0.00774. The van der Waals surface area contributed by atoms with E-state index in [1.54, 1.807) is 42.6 Å². The Morgan fingerprint density at radius 3 is 2.63 bits per heavy atom. The first-order chi connectivity index (χ1) is 14.5.